The van der Waals surface area contributed by atoms with Crippen LogP contribution in [0.25, 0.3) is 0 Å². The summed E-state index contributed by atoms with van der Waals surface area (Å²) in [6.45, 7) is 0. The molecule has 2 aromatic rings. The SMILES string of the molecule is CNC(=S)NN=C(c1ccccc1)c1ccccn1.[Cl][Pt]. The van der Waals surface area contributed by atoms with Crippen molar-refractivity contribution < 1.29 is 18.8 Å². The van der Waals surface area contributed by atoms with Crippen LogP contribution in [0.15, 0.2) is 59.8 Å². The number of hydrogen-bond donors (Lipinski definition) is 2. The van der Waals surface area contributed by atoms with E-state index in [9.17, 15) is 0 Å². The van der Waals surface area contributed by atoms with Crippen LogP contribution in [0.1, 0.15) is 11.3 Å². The molecule has 21 heavy (non-hydrogen) atoms. The van der Waals surface area contributed by atoms with Gasteiger partial charge in [-0.25, -0.2) is 0 Å². The van der Waals surface area contributed by atoms with Gasteiger partial charge in [-0.15, -0.1) is 0 Å². The number of pyridine rings is 1. The van der Waals surface area contributed by atoms with Gasteiger partial charge in [-0.05, 0) is 24.4 Å². The van der Waals surface area contributed by atoms with Crippen molar-refractivity contribution in [3.63, 3.8) is 0 Å². The number of aromatic nitrogens is 1. The molecule has 1 aromatic heterocycles. The first kappa shape index (κ1) is 17.8. The van der Waals surface area contributed by atoms with Gasteiger partial charge in [-0.3, -0.25) is 10.4 Å². The fraction of sp³-hybridized carbons (Fsp3) is 0.0714. The molecule has 2 rings (SSSR count). The number of rotatable bonds is 3. The second-order valence-corrected chi connectivity index (χ2v) is 4.14. The molecule has 0 fully saturated rings. The van der Waals surface area contributed by atoms with E-state index in [0.29, 0.717) is 5.11 Å². The molecule has 7 heteroatoms. The summed E-state index contributed by atoms with van der Waals surface area (Å²) in [5.41, 5.74) is 5.32. The van der Waals surface area contributed by atoms with Crippen molar-refractivity contribution in [1.82, 2.24) is 15.7 Å². The number of nitrogens with one attached hydrogen (secondary N) is 2. The van der Waals surface area contributed by atoms with E-state index in [4.69, 9.17) is 12.2 Å². The Morgan fingerprint density at radius 1 is 1.14 bits per heavy atom. The van der Waals surface area contributed by atoms with Crippen LogP contribution < -0.4 is 10.7 Å². The maximum absolute atomic E-state index is 5.02. The first-order chi connectivity index (χ1) is 10.3. The molecule has 0 aliphatic rings. The molecule has 0 bridgehead atoms. The van der Waals surface area contributed by atoms with Gasteiger partial charge in [0.15, 0.2) is 5.11 Å². The molecule has 113 valence electrons. The van der Waals surface area contributed by atoms with Crippen molar-refractivity contribution in [3.8, 4) is 0 Å². The van der Waals surface area contributed by atoms with Crippen molar-refractivity contribution in [2.75, 3.05) is 7.05 Å². The van der Waals surface area contributed by atoms with Gasteiger partial charge in [-0.2, -0.15) is 5.10 Å². The Balaban J connectivity index is 0.00000106. The second-order valence-electron chi connectivity index (χ2n) is 3.73. The predicted molar refractivity (Wildman–Crippen MR) is 87.0 cm³/mol. The molecular formula is C14H14ClN4PtS. The van der Waals surface area contributed by atoms with E-state index in [2.05, 4.69) is 30.2 Å². The number of nitrogens with zero attached hydrogens (tertiary/aromatic N) is 2. The fourth-order valence-electron chi connectivity index (χ4n) is 1.53. The summed E-state index contributed by atoms with van der Waals surface area (Å²) < 4.78 is 0. The summed E-state index contributed by atoms with van der Waals surface area (Å²) >= 11 is 6.63. The second kappa shape index (κ2) is 10.4. The molecule has 2 N–H and O–H groups in total. The predicted octanol–water partition coefficient (Wildman–Crippen LogP) is 2.61. The van der Waals surface area contributed by atoms with Gasteiger partial charge in [0.1, 0.15) is 5.71 Å². The van der Waals surface area contributed by atoms with Gasteiger partial charge in [0, 0.05) is 18.8 Å². The number of thiocarbonyl (C=S) groups is 1. The normalized spacial score (nSPS) is 10.2. The van der Waals surface area contributed by atoms with Crippen LogP contribution >= 0.6 is 21.6 Å². The quantitative estimate of drug-likeness (QED) is 0.386. The van der Waals surface area contributed by atoms with Crippen molar-refractivity contribution in [2.24, 2.45) is 5.10 Å². The van der Waals surface area contributed by atoms with Gasteiger partial charge in [0.05, 0.1) is 5.69 Å². The van der Waals surface area contributed by atoms with Crippen LogP contribution in [0.4, 0.5) is 0 Å². The molecule has 0 saturated carbocycles. The Labute approximate surface area is 144 Å². The first-order valence-electron chi connectivity index (χ1n) is 5.95. The molecular weight excluding hydrogens is 487 g/mol. The zero-order valence-corrected chi connectivity index (χ0v) is 15.0. The number of hydrazone groups is 1. The van der Waals surface area contributed by atoms with Crippen LogP contribution in [-0.4, -0.2) is 22.9 Å². The van der Waals surface area contributed by atoms with Crippen molar-refractivity contribution in [2.45, 2.75) is 0 Å². The molecule has 0 atom stereocenters. The molecule has 0 aliphatic carbocycles. The van der Waals surface area contributed by atoms with Crippen molar-refractivity contribution in [3.05, 3.63) is 66.0 Å². The van der Waals surface area contributed by atoms with Gasteiger partial charge in [0.25, 0.3) is 0 Å². The van der Waals surface area contributed by atoms with Crippen molar-refractivity contribution >= 4 is 32.5 Å². The zero-order valence-electron chi connectivity index (χ0n) is 11.2. The molecule has 4 nitrogen and oxygen atoms in total. The Bertz CT molecular complexity index is 537. The van der Waals surface area contributed by atoms with E-state index >= 15 is 0 Å². The maximum atomic E-state index is 5.02. The van der Waals surface area contributed by atoms with Crippen LogP contribution in [0.3, 0.4) is 0 Å². The molecule has 1 aromatic carbocycles. The molecule has 0 spiro atoms. The molecule has 0 unspecified atom stereocenters. The van der Waals surface area contributed by atoms with E-state index in [1.54, 1.807) is 32.0 Å². The van der Waals surface area contributed by atoms with Gasteiger partial charge in [-0.1, -0.05) is 36.4 Å². The molecule has 0 aliphatic heterocycles. The molecule has 0 amide bonds. The molecule has 0 saturated heterocycles. The zero-order chi connectivity index (χ0) is 15.5. The average molecular weight is 501 g/mol. The van der Waals surface area contributed by atoms with Gasteiger partial charge in [0.2, 0.25) is 0 Å². The fourth-order valence-corrected chi connectivity index (χ4v) is 1.58. The summed E-state index contributed by atoms with van der Waals surface area (Å²) in [5, 5.41) is 7.61. The van der Waals surface area contributed by atoms with Crippen LogP contribution in [0.5, 0.6) is 0 Å². The standard InChI is InChI=1S/C14H14N4S.ClH.Pt/c1-15-14(19)18-17-13(11-7-3-2-4-8-11)12-9-5-6-10-16-12;;/h2-10H,1H3,(H2,15,18,19);1H;/q;;+1/p-1. The Morgan fingerprint density at radius 2 is 1.81 bits per heavy atom. The molecule has 1 heterocycles. The molecule has 0 radical (unpaired) electrons. The van der Waals surface area contributed by atoms with Crippen molar-refractivity contribution in [1.29, 1.82) is 0 Å². The summed E-state index contributed by atoms with van der Waals surface area (Å²) in [6.07, 6.45) is 1.74. The Hall–Kier alpha value is -1.29. The van der Waals surface area contributed by atoms with E-state index in [1.165, 1.54) is 0 Å². The van der Waals surface area contributed by atoms with E-state index in [0.717, 1.165) is 17.0 Å². The summed E-state index contributed by atoms with van der Waals surface area (Å²) in [6, 6.07) is 15.6. The average Bonchev–Trinajstić information content (AvgIpc) is 2.58. The summed E-state index contributed by atoms with van der Waals surface area (Å²) in [5.74, 6) is 0. The van der Waals surface area contributed by atoms with Crippen LogP contribution in [-0.2, 0) is 18.8 Å². The number of benzene rings is 1. The monoisotopic (exact) mass is 500 g/mol. The minimum absolute atomic E-state index is 0.462. The van der Waals surface area contributed by atoms with Crippen LogP contribution in [0.2, 0.25) is 0 Å². The van der Waals surface area contributed by atoms with E-state index in [-0.39, 0.29) is 0 Å². The Kier molecular flexibility index (Phi) is 8.83. The number of hydrogen-bond acceptors (Lipinski definition) is 3. The topological polar surface area (TPSA) is 49.3 Å². The first-order valence-corrected chi connectivity index (χ1v) is 9.18. The van der Waals surface area contributed by atoms with Gasteiger partial charge >= 0.3 is 28.2 Å². The summed E-state index contributed by atoms with van der Waals surface area (Å²) in [7, 11) is 6.35. The van der Waals surface area contributed by atoms with Gasteiger partial charge < -0.3 is 5.32 Å². The third kappa shape index (κ3) is 5.92. The number of halogens is 1. The van der Waals surface area contributed by atoms with E-state index in [1.807, 2.05) is 48.5 Å². The third-order valence-corrected chi connectivity index (χ3v) is 2.75. The van der Waals surface area contributed by atoms with E-state index < -0.39 is 0 Å². The Morgan fingerprint density at radius 3 is 2.38 bits per heavy atom. The third-order valence-electron chi connectivity index (χ3n) is 2.45. The van der Waals surface area contributed by atoms with Crippen LogP contribution in [0, 0.1) is 0 Å². The minimum atomic E-state index is 0.462. The summed E-state index contributed by atoms with van der Waals surface area (Å²) in [4.78, 5) is 4.32.